The van der Waals surface area contributed by atoms with Crippen LogP contribution in [0.3, 0.4) is 0 Å². The summed E-state index contributed by atoms with van der Waals surface area (Å²) < 4.78 is 1.30. The third-order valence-electron chi connectivity index (χ3n) is 2.20. The minimum Gasteiger partial charge on any atom is -0.321 e. The van der Waals surface area contributed by atoms with Crippen molar-refractivity contribution in [1.82, 2.24) is 0 Å². The number of rotatable bonds is 1. The third-order valence-corrected chi connectivity index (χ3v) is 3.14. The monoisotopic (exact) mass is 295 g/mol. The molecule has 0 heterocycles. The summed E-state index contributed by atoms with van der Waals surface area (Å²) in [6, 6.07) is 8.36. The zero-order valence-electron chi connectivity index (χ0n) is 6.59. The summed E-state index contributed by atoms with van der Waals surface area (Å²) in [6.07, 6.45) is 2.29. The van der Waals surface area contributed by atoms with E-state index in [4.69, 9.17) is 5.73 Å². The highest BCUT2D eigenvalue weighted by molar-refractivity contribution is 14.1. The molecule has 0 aromatic heterocycles. The molecule has 12 heavy (non-hydrogen) atoms. The summed E-state index contributed by atoms with van der Waals surface area (Å²) in [5.74, 6) is 0. The molecule has 0 bridgehead atoms. The average molecular weight is 296 g/mol. The second-order valence-electron chi connectivity index (χ2n) is 3.14. The van der Waals surface area contributed by atoms with E-state index >= 15 is 0 Å². The molecule has 0 aliphatic heterocycles. The van der Waals surface area contributed by atoms with Crippen LogP contribution < -0.4 is 5.73 Å². The first kappa shape index (κ1) is 10.3. The summed E-state index contributed by atoms with van der Waals surface area (Å²) >= 11 is 2.35. The molecule has 0 unspecified atom stereocenters. The maximum atomic E-state index is 6.06. The molecule has 1 aliphatic rings. The Balaban J connectivity index is 0.000000720. The van der Waals surface area contributed by atoms with Crippen molar-refractivity contribution in [2.75, 3.05) is 0 Å². The molecule has 0 amide bonds. The molecule has 2 N–H and O–H groups in total. The van der Waals surface area contributed by atoms with Crippen LogP contribution in [-0.4, -0.2) is 0 Å². The van der Waals surface area contributed by atoms with Crippen LogP contribution in [0, 0.1) is 3.57 Å². The van der Waals surface area contributed by atoms with Crippen LogP contribution >= 0.6 is 35.0 Å². The Kier molecular flexibility index (Phi) is 3.01. The number of benzene rings is 1. The zero-order valence-corrected chi connectivity index (χ0v) is 9.56. The number of nitrogens with two attached hydrogens (primary N) is 1. The normalized spacial score (nSPS) is 18.2. The Morgan fingerprint density at radius 2 is 1.83 bits per heavy atom. The molecule has 66 valence electrons. The van der Waals surface area contributed by atoms with E-state index in [1.165, 1.54) is 9.13 Å². The van der Waals surface area contributed by atoms with E-state index in [1.54, 1.807) is 0 Å². The molecule has 1 saturated carbocycles. The Morgan fingerprint density at radius 1 is 1.25 bits per heavy atom. The van der Waals surface area contributed by atoms with Gasteiger partial charge < -0.3 is 5.73 Å². The summed E-state index contributed by atoms with van der Waals surface area (Å²) in [4.78, 5) is 0. The van der Waals surface area contributed by atoms with E-state index < -0.39 is 0 Å². The van der Waals surface area contributed by atoms with Gasteiger partial charge in [-0.25, -0.2) is 0 Å². The molecule has 0 atom stereocenters. The lowest BCUT2D eigenvalue weighted by Gasteiger charge is -2.10. The van der Waals surface area contributed by atoms with Gasteiger partial charge in [0.2, 0.25) is 0 Å². The summed E-state index contributed by atoms with van der Waals surface area (Å²) in [5, 5.41) is 0. The van der Waals surface area contributed by atoms with Gasteiger partial charge in [-0.1, -0.05) is 18.2 Å². The highest BCUT2D eigenvalue weighted by atomic mass is 127. The SMILES string of the molecule is Cl.NC1(c2ccccc2I)CC1. The molecule has 1 aromatic carbocycles. The summed E-state index contributed by atoms with van der Waals surface area (Å²) in [7, 11) is 0. The molecule has 1 nitrogen and oxygen atoms in total. The first-order valence-corrected chi connectivity index (χ1v) is 4.84. The van der Waals surface area contributed by atoms with E-state index in [2.05, 4.69) is 46.9 Å². The van der Waals surface area contributed by atoms with E-state index in [-0.39, 0.29) is 17.9 Å². The van der Waals surface area contributed by atoms with Gasteiger partial charge in [0.05, 0.1) is 0 Å². The van der Waals surface area contributed by atoms with Crippen LogP contribution in [-0.2, 0) is 5.54 Å². The highest BCUT2D eigenvalue weighted by Crippen LogP contribution is 2.44. The van der Waals surface area contributed by atoms with Gasteiger partial charge in [0.1, 0.15) is 0 Å². The minimum atomic E-state index is 0. The summed E-state index contributed by atoms with van der Waals surface area (Å²) in [6.45, 7) is 0. The third kappa shape index (κ3) is 1.75. The molecule has 1 aliphatic carbocycles. The molecule has 0 spiro atoms. The number of hydrogen-bond donors (Lipinski definition) is 1. The van der Waals surface area contributed by atoms with Gasteiger partial charge in [0.25, 0.3) is 0 Å². The maximum Gasteiger partial charge on any atom is 0.0421 e. The number of hydrogen-bond acceptors (Lipinski definition) is 1. The van der Waals surface area contributed by atoms with Crippen molar-refractivity contribution in [1.29, 1.82) is 0 Å². The first-order valence-electron chi connectivity index (χ1n) is 3.76. The summed E-state index contributed by atoms with van der Waals surface area (Å²) in [5.41, 5.74) is 7.41. The highest BCUT2D eigenvalue weighted by Gasteiger charge is 2.40. The van der Waals surface area contributed by atoms with Crippen molar-refractivity contribution in [2.24, 2.45) is 5.73 Å². The second kappa shape index (κ2) is 3.52. The van der Waals surface area contributed by atoms with Gasteiger partial charge in [-0.2, -0.15) is 0 Å². The lowest BCUT2D eigenvalue weighted by atomic mass is 10.1. The standard InChI is InChI=1S/C9H10IN.ClH/c10-8-4-2-1-3-7(8)9(11)5-6-9;/h1-4H,5-6,11H2;1H. The maximum absolute atomic E-state index is 6.06. The Bertz CT molecular complexity index is 284. The van der Waals surface area contributed by atoms with Crippen LogP contribution in [0.25, 0.3) is 0 Å². The molecule has 0 saturated heterocycles. The largest absolute Gasteiger partial charge is 0.321 e. The van der Waals surface area contributed by atoms with Crippen molar-refractivity contribution < 1.29 is 0 Å². The second-order valence-corrected chi connectivity index (χ2v) is 4.30. The van der Waals surface area contributed by atoms with Crippen molar-refractivity contribution in [2.45, 2.75) is 18.4 Å². The van der Waals surface area contributed by atoms with Crippen LogP contribution in [0.2, 0.25) is 0 Å². The fourth-order valence-corrected chi connectivity index (χ4v) is 2.19. The molecular formula is C9H11ClIN. The lowest BCUT2D eigenvalue weighted by molar-refractivity contribution is 0.735. The van der Waals surface area contributed by atoms with Crippen LogP contribution in [0.4, 0.5) is 0 Å². The van der Waals surface area contributed by atoms with E-state index in [1.807, 2.05) is 0 Å². The average Bonchev–Trinajstić information content (AvgIpc) is 2.70. The van der Waals surface area contributed by atoms with Crippen molar-refractivity contribution in [3.05, 3.63) is 33.4 Å². The van der Waals surface area contributed by atoms with E-state index in [0.717, 1.165) is 12.8 Å². The first-order chi connectivity index (χ1) is 5.22. The van der Waals surface area contributed by atoms with Crippen molar-refractivity contribution in [3.63, 3.8) is 0 Å². The predicted molar refractivity (Wildman–Crippen MR) is 61.5 cm³/mol. The zero-order chi connectivity index (χ0) is 7.90. The fraction of sp³-hybridized carbons (Fsp3) is 0.333. The van der Waals surface area contributed by atoms with Gasteiger partial charge in [-0.3, -0.25) is 0 Å². The molecular weight excluding hydrogens is 284 g/mol. The fourth-order valence-electron chi connectivity index (χ4n) is 1.27. The Hall–Kier alpha value is 0.200. The Morgan fingerprint density at radius 3 is 2.33 bits per heavy atom. The van der Waals surface area contributed by atoms with Gasteiger partial charge in [0.15, 0.2) is 0 Å². The van der Waals surface area contributed by atoms with Gasteiger partial charge >= 0.3 is 0 Å². The topological polar surface area (TPSA) is 26.0 Å². The Labute approximate surface area is 92.3 Å². The van der Waals surface area contributed by atoms with Gasteiger partial charge in [-0.05, 0) is 47.1 Å². The smallest absolute Gasteiger partial charge is 0.0421 e. The molecule has 3 heteroatoms. The molecule has 1 fully saturated rings. The quantitative estimate of drug-likeness (QED) is 0.792. The van der Waals surface area contributed by atoms with Gasteiger partial charge in [0, 0.05) is 9.11 Å². The molecule has 1 aromatic rings. The van der Waals surface area contributed by atoms with E-state index in [9.17, 15) is 0 Å². The molecule has 0 radical (unpaired) electrons. The van der Waals surface area contributed by atoms with Crippen molar-refractivity contribution >= 4 is 35.0 Å². The van der Waals surface area contributed by atoms with Crippen LogP contribution in [0.15, 0.2) is 24.3 Å². The minimum absolute atomic E-state index is 0. The molecule has 2 rings (SSSR count). The predicted octanol–water partition coefficient (Wildman–Crippen LogP) is 2.66. The van der Waals surface area contributed by atoms with Crippen LogP contribution in [0.5, 0.6) is 0 Å². The lowest BCUT2D eigenvalue weighted by Crippen LogP contribution is -2.19. The van der Waals surface area contributed by atoms with Gasteiger partial charge in [-0.15, -0.1) is 12.4 Å². The number of halogens is 2. The van der Waals surface area contributed by atoms with Crippen molar-refractivity contribution in [3.8, 4) is 0 Å². The van der Waals surface area contributed by atoms with E-state index in [0.29, 0.717) is 0 Å². The van der Waals surface area contributed by atoms with Crippen LogP contribution in [0.1, 0.15) is 18.4 Å².